The van der Waals surface area contributed by atoms with Crippen molar-refractivity contribution >= 4 is 40.0 Å². The van der Waals surface area contributed by atoms with E-state index in [4.69, 9.17) is 39.7 Å². The van der Waals surface area contributed by atoms with Crippen LogP contribution in [-0.2, 0) is 24.1 Å². The van der Waals surface area contributed by atoms with E-state index in [2.05, 4.69) is 10.3 Å². The van der Waals surface area contributed by atoms with E-state index in [0.29, 0.717) is 28.4 Å². The highest BCUT2D eigenvalue weighted by Crippen LogP contribution is 2.54. The van der Waals surface area contributed by atoms with Gasteiger partial charge in [0, 0.05) is 46.1 Å². The molecule has 1 spiro atoms. The number of hydrogen-bond acceptors (Lipinski definition) is 9. The molecular weight excluding hydrogens is 688 g/mol. The maximum Gasteiger partial charge on any atom is 0.237 e. The minimum absolute atomic E-state index is 0.0220. The maximum absolute atomic E-state index is 15.0. The number of Topliss-reactive ketones (excluding diaryl/α,β-unsaturated/α-hetero) is 2. The highest BCUT2D eigenvalue weighted by Gasteiger charge is 2.63. The molecule has 1 amide bonds. The molecule has 0 radical (unpaired) electrons. The summed E-state index contributed by atoms with van der Waals surface area (Å²) in [6.45, 7) is 1.76. The van der Waals surface area contributed by atoms with Gasteiger partial charge in [-0.3, -0.25) is 14.4 Å². The monoisotopic (exact) mass is 724 g/mol. The summed E-state index contributed by atoms with van der Waals surface area (Å²) >= 11 is 6.67. The molecule has 3 unspecified atom stereocenters. The van der Waals surface area contributed by atoms with Crippen molar-refractivity contribution in [2.75, 3.05) is 28.4 Å². The van der Waals surface area contributed by atoms with Gasteiger partial charge in [0.2, 0.25) is 23.1 Å². The number of carbonyl (C=O) groups excluding carboxylic acids is 3. The Labute approximate surface area is 304 Å². The topological polar surface area (TPSA) is 138 Å². The lowest BCUT2D eigenvalue weighted by molar-refractivity contribution is -0.121. The second kappa shape index (κ2) is 12.7. The van der Waals surface area contributed by atoms with Crippen LogP contribution in [0.4, 0.5) is 0 Å². The van der Waals surface area contributed by atoms with Gasteiger partial charge in [-0.15, -0.1) is 0 Å². The number of ketones is 2. The number of aromatic amines is 1. The van der Waals surface area contributed by atoms with Gasteiger partial charge in [-0.2, -0.15) is 0 Å². The van der Waals surface area contributed by atoms with Crippen LogP contribution in [0.3, 0.4) is 0 Å². The van der Waals surface area contributed by atoms with Crippen LogP contribution in [0.2, 0.25) is 5.02 Å². The zero-order chi connectivity index (χ0) is 36.5. The van der Waals surface area contributed by atoms with Gasteiger partial charge in [0.25, 0.3) is 0 Å². The molecule has 0 fully saturated rings. The zero-order valence-corrected chi connectivity index (χ0v) is 30.1. The highest BCUT2D eigenvalue weighted by molar-refractivity contribution is 6.36. The third-order valence-corrected chi connectivity index (χ3v) is 11.0. The predicted octanol–water partition coefficient (Wildman–Crippen LogP) is 7.24. The van der Waals surface area contributed by atoms with E-state index in [1.807, 2.05) is 30.3 Å². The Morgan fingerprint density at radius 3 is 2.37 bits per heavy atom. The number of carbonyl (C=O) groups is 3. The number of halogens is 1. The van der Waals surface area contributed by atoms with Crippen molar-refractivity contribution in [1.82, 2.24) is 10.3 Å². The number of amides is 1. The van der Waals surface area contributed by atoms with Crippen LogP contribution in [0, 0.1) is 5.92 Å². The Kier molecular flexibility index (Phi) is 8.21. The average Bonchev–Trinajstić information content (AvgIpc) is 3.81. The number of methoxy groups -OCH3 is 4. The minimum atomic E-state index is -1.96. The molecule has 3 aliphatic rings. The molecular formula is C40H37ClN2O9. The normalized spacial score (nSPS) is 20.3. The van der Waals surface area contributed by atoms with Crippen LogP contribution in [0.5, 0.6) is 28.7 Å². The van der Waals surface area contributed by atoms with Crippen LogP contribution in [0.25, 0.3) is 22.2 Å². The maximum atomic E-state index is 15.0. The van der Waals surface area contributed by atoms with Crippen LogP contribution >= 0.6 is 11.6 Å². The molecule has 3 heterocycles. The molecule has 0 saturated carbocycles. The fourth-order valence-electron chi connectivity index (χ4n) is 8.09. The lowest BCUT2D eigenvalue weighted by Crippen LogP contribution is -2.56. The minimum Gasteiger partial charge on any atom is -0.497 e. The molecule has 2 aromatic heterocycles. The number of aromatic nitrogens is 1. The van der Waals surface area contributed by atoms with Gasteiger partial charge < -0.3 is 38.4 Å². The van der Waals surface area contributed by atoms with Crippen LogP contribution in [0.1, 0.15) is 69.1 Å². The summed E-state index contributed by atoms with van der Waals surface area (Å²) in [6.07, 6.45) is 2.50. The summed E-state index contributed by atoms with van der Waals surface area (Å²) in [5, 5.41) is 4.36. The molecule has 11 nitrogen and oxygen atoms in total. The van der Waals surface area contributed by atoms with E-state index in [-0.39, 0.29) is 58.2 Å². The van der Waals surface area contributed by atoms with Gasteiger partial charge in [0.05, 0.1) is 46.5 Å². The first kappa shape index (κ1) is 33.7. The quantitative estimate of drug-likeness (QED) is 0.159. The molecule has 3 aromatic carbocycles. The summed E-state index contributed by atoms with van der Waals surface area (Å²) in [6, 6.07) is 14.3. The molecule has 0 saturated heterocycles. The lowest BCUT2D eigenvalue weighted by Gasteiger charge is -2.35. The molecule has 8 rings (SSSR count). The Morgan fingerprint density at radius 2 is 1.65 bits per heavy atom. The number of benzene rings is 3. The Morgan fingerprint density at radius 1 is 0.942 bits per heavy atom. The van der Waals surface area contributed by atoms with Gasteiger partial charge in [-0.25, -0.2) is 0 Å². The standard InChI is InChI=1S/C40H37ClN2O9/c1-19-15-29-32(38(45)40(19)39(46)33-28(49-4)18-30(50-5)34(41)37(33)52-40)25(36(51-29)20-9-11-21(47-2)12-10-20)17-31(44)42-27-8-6-7-23-24-16-22(48-3)13-14-26(24)43-35(23)27/h9-14,16,18-19,27,43H,6-8,15,17H2,1-5H3,(H,42,44). The van der Waals surface area contributed by atoms with Crippen molar-refractivity contribution in [3.63, 3.8) is 0 Å². The fraction of sp³-hybridized carbons (Fsp3) is 0.325. The molecule has 1 aliphatic heterocycles. The second-order valence-electron chi connectivity index (χ2n) is 13.5. The molecule has 2 aliphatic carbocycles. The molecule has 0 bridgehead atoms. The van der Waals surface area contributed by atoms with Crippen molar-refractivity contribution in [3.8, 4) is 40.1 Å². The Bertz CT molecular complexity index is 2290. The molecule has 5 aromatic rings. The lowest BCUT2D eigenvalue weighted by atomic mass is 9.70. The number of furan rings is 1. The summed E-state index contributed by atoms with van der Waals surface area (Å²) < 4.78 is 34.7. The van der Waals surface area contributed by atoms with Crippen molar-refractivity contribution in [2.24, 2.45) is 5.92 Å². The third kappa shape index (κ3) is 4.97. The smallest absolute Gasteiger partial charge is 0.237 e. The van der Waals surface area contributed by atoms with Gasteiger partial charge in [-0.05, 0) is 67.3 Å². The van der Waals surface area contributed by atoms with Crippen molar-refractivity contribution in [1.29, 1.82) is 0 Å². The fourth-order valence-corrected chi connectivity index (χ4v) is 8.36. The van der Waals surface area contributed by atoms with Gasteiger partial charge in [-0.1, -0.05) is 18.5 Å². The van der Waals surface area contributed by atoms with E-state index in [1.54, 1.807) is 33.3 Å². The number of hydrogen-bond donors (Lipinski definition) is 2. The molecule has 268 valence electrons. The van der Waals surface area contributed by atoms with E-state index < -0.39 is 23.1 Å². The summed E-state index contributed by atoms with van der Waals surface area (Å²) in [5.41, 5.74) is 2.36. The Hall–Kier alpha value is -5.42. The number of fused-ring (bicyclic) bond motifs is 5. The van der Waals surface area contributed by atoms with E-state index in [9.17, 15) is 14.4 Å². The third-order valence-electron chi connectivity index (χ3n) is 10.7. The number of nitrogens with one attached hydrogen (secondary N) is 2. The first-order chi connectivity index (χ1) is 25.1. The molecule has 3 atom stereocenters. The van der Waals surface area contributed by atoms with Crippen LogP contribution in [-0.4, -0.2) is 56.5 Å². The van der Waals surface area contributed by atoms with Crippen LogP contribution in [0.15, 0.2) is 52.9 Å². The second-order valence-corrected chi connectivity index (χ2v) is 13.8. The van der Waals surface area contributed by atoms with E-state index in [0.717, 1.165) is 47.2 Å². The van der Waals surface area contributed by atoms with E-state index in [1.165, 1.54) is 20.3 Å². The van der Waals surface area contributed by atoms with Crippen molar-refractivity contribution < 1.29 is 42.5 Å². The van der Waals surface area contributed by atoms with Crippen molar-refractivity contribution in [2.45, 2.75) is 50.7 Å². The molecule has 2 N–H and O–H groups in total. The van der Waals surface area contributed by atoms with Gasteiger partial charge in [0.15, 0.2) is 5.75 Å². The van der Waals surface area contributed by atoms with Crippen molar-refractivity contribution in [3.05, 3.63) is 87.3 Å². The summed E-state index contributed by atoms with van der Waals surface area (Å²) in [5.74, 6) is 0.451. The summed E-state index contributed by atoms with van der Waals surface area (Å²) in [4.78, 5) is 47.1. The molecule has 52 heavy (non-hydrogen) atoms. The zero-order valence-electron chi connectivity index (χ0n) is 29.4. The van der Waals surface area contributed by atoms with Gasteiger partial charge in [0.1, 0.15) is 45.1 Å². The largest absolute Gasteiger partial charge is 0.497 e. The number of rotatable bonds is 8. The van der Waals surface area contributed by atoms with Crippen LogP contribution < -0.4 is 29.0 Å². The first-order valence-corrected chi connectivity index (χ1v) is 17.5. The highest BCUT2D eigenvalue weighted by atomic mass is 35.5. The van der Waals surface area contributed by atoms with Gasteiger partial charge >= 0.3 is 0 Å². The number of aryl methyl sites for hydroxylation is 1. The number of ether oxygens (including phenoxy) is 5. The average molecular weight is 725 g/mol. The number of H-pyrrole nitrogens is 1. The Balaban J connectivity index is 1.19. The SMILES string of the molecule is COc1ccc(-c2oc3c(c2CC(=O)NC2CCCc4c2[nH]c2ccc(OC)cc42)C(=O)C2(Oc4c(Cl)c(OC)cc(OC)c4C2=O)C(C)C3)cc1. The van der Waals surface area contributed by atoms with E-state index >= 15 is 0 Å². The summed E-state index contributed by atoms with van der Waals surface area (Å²) in [7, 11) is 6.07. The first-order valence-electron chi connectivity index (χ1n) is 17.1. The predicted molar refractivity (Wildman–Crippen MR) is 193 cm³/mol. The molecule has 12 heteroatoms.